The quantitative estimate of drug-likeness (QED) is 0.603. The Morgan fingerprint density at radius 3 is 2.54 bits per heavy atom. The van der Waals surface area contributed by atoms with Gasteiger partial charge in [-0.1, -0.05) is 11.6 Å². The second-order valence-corrected chi connectivity index (χ2v) is 6.49. The zero-order valence-corrected chi connectivity index (χ0v) is 14.1. The van der Waals surface area contributed by atoms with E-state index in [1.165, 1.54) is 17.1 Å². The molecule has 0 N–H and O–H groups in total. The van der Waals surface area contributed by atoms with Gasteiger partial charge in [-0.3, -0.25) is 9.36 Å². The molecule has 0 atom stereocenters. The SMILES string of the molecule is COc1cc2cc(C)n(C(=O)c3csc(C(F)(F)F)c3)c2cc1Cl. The normalized spacial score (nSPS) is 11.9. The minimum Gasteiger partial charge on any atom is -0.495 e. The molecule has 0 saturated heterocycles. The van der Waals surface area contributed by atoms with Gasteiger partial charge >= 0.3 is 6.18 Å². The van der Waals surface area contributed by atoms with Crippen LogP contribution < -0.4 is 4.74 Å². The maximum Gasteiger partial charge on any atom is 0.425 e. The number of ether oxygens (including phenoxy) is 1. The Labute approximate surface area is 144 Å². The minimum absolute atomic E-state index is 0.0140. The van der Waals surface area contributed by atoms with Crippen LogP contribution in [0.3, 0.4) is 0 Å². The molecule has 2 heterocycles. The maximum absolute atomic E-state index is 12.7. The summed E-state index contributed by atoms with van der Waals surface area (Å²) in [5.74, 6) is -0.0702. The number of aromatic nitrogens is 1. The molecule has 0 amide bonds. The lowest BCUT2D eigenvalue weighted by molar-refractivity contribution is -0.134. The van der Waals surface area contributed by atoms with Gasteiger partial charge in [0.05, 0.1) is 23.2 Å². The molecule has 2 aromatic heterocycles. The Bertz CT molecular complexity index is 943. The Morgan fingerprint density at radius 2 is 1.96 bits per heavy atom. The number of alkyl halides is 3. The van der Waals surface area contributed by atoms with E-state index in [0.29, 0.717) is 38.7 Å². The third-order valence-corrected chi connectivity index (χ3v) is 4.86. The number of carbonyl (C=O) groups excluding carboxylic acids is 1. The molecule has 0 radical (unpaired) electrons. The van der Waals surface area contributed by atoms with E-state index in [4.69, 9.17) is 16.3 Å². The molecule has 24 heavy (non-hydrogen) atoms. The molecule has 0 aliphatic carbocycles. The van der Waals surface area contributed by atoms with Crippen LogP contribution in [0.2, 0.25) is 5.02 Å². The predicted octanol–water partition coefficient (Wildman–Crippen LogP) is 5.38. The highest BCUT2D eigenvalue weighted by atomic mass is 35.5. The molecule has 0 unspecified atom stereocenters. The molecular weight excluding hydrogens is 363 g/mol. The molecule has 8 heteroatoms. The summed E-state index contributed by atoms with van der Waals surface area (Å²) in [6.45, 7) is 1.70. The fraction of sp³-hybridized carbons (Fsp3) is 0.188. The minimum atomic E-state index is -4.46. The lowest BCUT2D eigenvalue weighted by Crippen LogP contribution is -2.12. The smallest absolute Gasteiger partial charge is 0.425 e. The van der Waals surface area contributed by atoms with Gasteiger partial charge in [0.2, 0.25) is 0 Å². The van der Waals surface area contributed by atoms with Crippen molar-refractivity contribution in [2.24, 2.45) is 0 Å². The molecule has 3 rings (SSSR count). The van der Waals surface area contributed by atoms with Gasteiger partial charge in [-0.25, -0.2) is 0 Å². The van der Waals surface area contributed by atoms with Crippen LogP contribution in [0.25, 0.3) is 10.9 Å². The third-order valence-electron chi connectivity index (χ3n) is 3.59. The van der Waals surface area contributed by atoms with Crippen LogP contribution in [0.4, 0.5) is 13.2 Å². The van der Waals surface area contributed by atoms with Crippen LogP contribution in [0.1, 0.15) is 20.9 Å². The number of halogens is 4. The van der Waals surface area contributed by atoms with Gasteiger partial charge in [-0.2, -0.15) is 13.2 Å². The first-order valence-electron chi connectivity index (χ1n) is 6.78. The van der Waals surface area contributed by atoms with Crippen molar-refractivity contribution in [3.05, 3.63) is 50.8 Å². The second kappa shape index (κ2) is 5.82. The predicted molar refractivity (Wildman–Crippen MR) is 87.3 cm³/mol. The second-order valence-electron chi connectivity index (χ2n) is 5.17. The summed E-state index contributed by atoms with van der Waals surface area (Å²) in [4.78, 5) is 11.9. The van der Waals surface area contributed by atoms with Crippen LogP contribution >= 0.6 is 22.9 Å². The van der Waals surface area contributed by atoms with E-state index in [-0.39, 0.29) is 5.56 Å². The van der Waals surface area contributed by atoms with Crippen molar-refractivity contribution >= 4 is 39.7 Å². The molecule has 0 aliphatic heterocycles. The zero-order chi connectivity index (χ0) is 17.6. The molecule has 126 valence electrons. The van der Waals surface area contributed by atoms with Gasteiger partial charge in [0.25, 0.3) is 5.91 Å². The van der Waals surface area contributed by atoms with Gasteiger partial charge in [0, 0.05) is 16.5 Å². The van der Waals surface area contributed by atoms with Crippen LogP contribution in [0.15, 0.2) is 29.6 Å². The van der Waals surface area contributed by atoms with Crippen LogP contribution in [-0.2, 0) is 6.18 Å². The largest absolute Gasteiger partial charge is 0.495 e. The first-order chi connectivity index (χ1) is 11.2. The van der Waals surface area contributed by atoms with Gasteiger partial charge < -0.3 is 4.74 Å². The molecular formula is C16H11ClF3NO2S. The van der Waals surface area contributed by atoms with Gasteiger partial charge in [0.15, 0.2) is 0 Å². The maximum atomic E-state index is 12.7. The highest BCUT2D eigenvalue weighted by molar-refractivity contribution is 7.10. The van der Waals surface area contributed by atoms with E-state index in [0.717, 1.165) is 6.07 Å². The lowest BCUT2D eigenvalue weighted by atomic mass is 10.2. The number of hydrogen-bond donors (Lipinski definition) is 0. The van der Waals surface area contributed by atoms with E-state index in [1.807, 2.05) is 0 Å². The van der Waals surface area contributed by atoms with Crippen molar-refractivity contribution in [3.63, 3.8) is 0 Å². The number of hydrogen-bond acceptors (Lipinski definition) is 3. The van der Waals surface area contributed by atoms with Crippen molar-refractivity contribution in [1.29, 1.82) is 0 Å². The van der Waals surface area contributed by atoms with Gasteiger partial charge in [-0.05, 0) is 31.2 Å². The van der Waals surface area contributed by atoms with Crippen molar-refractivity contribution < 1.29 is 22.7 Å². The van der Waals surface area contributed by atoms with Crippen molar-refractivity contribution in [2.75, 3.05) is 7.11 Å². The zero-order valence-electron chi connectivity index (χ0n) is 12.6. The van der Waals surface area contributed by atoms with Crippen molar-refractivity contribution in [3.8, 4) is 5.75 Å². The van der Waals surface area contributed by atoms with Gasteiger partial charge in [-0.15, -0.1) is 11.3 Å². The van der Waals surface area contributed by atoms with E-state index in [9.17, 15) is 18.0 Å². The molecule has 3 nitrogen and oxygen atoms in total. The van der Waals surface area contributed by atoms with Crippen LogP contribution in [0.5, 0.6) is 5.75 Å². The fourth-order valence-corrected chi connectivity index (χ4v) is 3.49. The van der Waals surface area contributed by atoms with E-state index in [2.05, 4.69) is 0 Å². The monoisotopic (exact) mass is 373 g/mol. The van der Waals surface area contributed by atoms with Crippen molar-refractivity contribution in [2.45, 2.75) is 13.1 Å². The number of carbonyl (C=O) groups is 1. The molecule has 0 fully saturated rings. The standard InChI is InChI=1S/C16H11ClF3NO2S/c1-8-3-9-4-13(23-2)11(17)6-12(9)21(8)15(22)10-5-14(24-7-10)16(18,19)20/h3-7H,1-2H3. The highest BCUT2D eigenvalue weighted by Crippen LogP contribution is 2.35. The topological polar surface area (TPSA) is 31.2 Å². The Hall–Kier alpha value is -1.99. The summed E-state index contributed by atoms with van der Waals surface area (Å²) in [6, 6.07) is 5.87. The summed E-state index contributed by atoms with van der Waals surface area (Å²) in [7, 11) is 1.48. The van der Waals surface area contributed by atoms with Gasteiger partial charge in [0.1, 0.15) is 10.6 Å². The first-order valence-corrected chi connectivity index (χ1v) is 8.04. The number of fused-ring (bicyclic) bond motifs is 1. The van der Waals surface area contributed by atoms with E-state index in [1.54, 1.807) is 25.1 Å². The highest BCUT2D eigenvalue weighted by Gasteiger charge is 2.33. The average molecular weight is 374 g/mol. The summed E-state index contributed by atoms with van der Waals surface area (Å²) < 4.78 is 44.7. The number of methoxy groups -OCH3 is 1. The average Bonchev–Trinajstić information content (AvgIpc) is 3.09. The molecule has 0 saturated carbocycles. The summed E-state index contributed by atoms with van der Waals surface area (Å²) >= 11 is 6.60. The number of nitrogens with zero attached hydrogens (tertiary/aromatic N) is 1. The Balaban J connectivity index is 2.12. The van der Waals surface area contributed by atoms with E-state index >= 15 is 0 Å². The third kappa shape index (κ3) is 2.78. The Kier molecular flexibility index (Phi) is 4.09. The molecule has 1 aromatic carbocycles. The van der Waals surface area contributed by atoms with Crippen molar-refractivity contribution in [1.82, 2.24) is 4.57 Å². The summed E-state index contributed by atoms with van der Waals surface area (Å²) in [5, 5.41) is 2.24. The number of thiophene rings is 1. The molecule has 3 aromatic rings. The molecule has 0 aliphatic rings. The Morgan fingerprint density at radius 1 is 1.25 bits per heavy atom. The number of rotatable bonds is 2. The van der Waals surface area contributed by atoms with Crippen LogP contribution in [-0.4, -0.2) is 17.6 Å². The number of aryl methyl sites for hydroxylation is 1. The summed E-state index contributed by atoms with van der Waals surface area (Å²) in [6.07, 6.45) is -4.46. The fourth-order valence-electron chi connectivity index (χ4n) is 2.50. The first kappa shape index (κ1) is 16.9. The number of benzene rings is 1. The lowest BCUT2D eigenvalue weighted by Gasteiger charge is -2.07. The molecule has 0 spiro atoms. The molecule has 0 bridgehead atoms. The van der Waals surface area contributed by atoms with Crippen LogP contribution in [0, 0.1) is 6.92 Å². The van der Waals surface area contributed by atoms with E-state index < -0.39 is 17.0 Å². The summed E-state index contributed by atoms with van der Waals surface area (Å²) in [5.41, 5.74) is 1.10.